The van der Waals surface area contributed by atoms with E-state index < -0.39 is 0 Å². The third-order valence-electron chi connectivity index (χ3n) is 3.30. The molecule has 0 spiro atoms. The van der Waals surface area contributed by atoms with Crippen molar-refractivity contribution >= 4 is 57.3 Å². The number of rotatable bonds is 7. The van der Waals surface area contributed by atoms with Crippen LogP contribution in [0.3, 0.4) is 0 Å². The first-order chi connectivity index (χ1) is 12.5. The molecule has 0 radical (unpaired) electrons. The summed E-state index contributed by atoms with van der Waals surface area (Å²) in [6.45, 7) is 2.56. The summed E-state index contributed by atoms with van der Waals surface area (Å²) >= 11 is 4.44. The molecule has 2 aromatic carbocycles. The van der Waals surface area contributed by atoms with Crippen LogP contribution in [0, 0.1) is 7.14 Å². The first kappa shape index (κ1) is 20.7. The predicted octanol–water partition coefficient (Wildman–Crippen LogP) is 4.08. The Bertz CT molecular complexity index is 780. The maximum Gasteiger partial charge on any atom is 0.271 e. The van der Waals surface area contributed by atoms with E-state index in [2.05, 4.69) is 55.7 Å². The Labute approximate surface area is 179 Å². The van der Waals surface area contributed by atoms with Gasteiger partial charge in [-0.15, -0.1) is 0 Å². The number of hydrogen-bond acceptors (Lipinski definition) is 5. The summed E-state index contributed by atoms with van der Waals surface area (Å²) in [6.07, 6.45) is 1.59. The zero-order valence-corrected chi connectivity index (χ0v) is 18.8. The van der Waals surface area contributed by atoms with Gasteiger partial charge in [-0.05, 0) is 81.9 Å². The number of nitrogens with zero attached hydrogens (tertiary/aromatic N) is 1. The molecule has 0 aromatic heterocycles. The maximum atomic E-state index is 12.3. The highest BCUT2D eigenvalue weighted by Crippen LogP contribution is 2.28. The fraction of sp³-hybridized carbons (Fsp3) is 0.222. The summed E-state index contributed by atoms with van der Waals surface area (Å²) in [5, 5.41) is 4.03. The van der Waals surface area contributed by atoms with Crippen molar-refractivity contribution in [1.29, 1.82) is 0 Å². The Kier molecular flexibility index (Phi) is 7.94. The highest BCUT2D eigenvalue weighted by atomic mass is 127. The molecule has 138 valence electrons. The van der Waals surface area contributed by atoms with Crippen molar-refractivity contribution < 1.29 is 19.0 Å². The van der Waals surface area contributed by atoms with Gasteiger partial charge in [0.1, 0.15) is 17.2 Å². The van der Waals surface area contributed by atoms with Gasteiger partial charge in [-0.25, -0.2) is 5.43 Å². The SMILES string of the molecule is CCOc1c(I)cc(/C=N\NC(=O)c2cc(OC)cc(OC)c2)cc1I. The molecule has 1 N–H and O–H groups in total. The van der Waals surface area contributed by atoms with Crippen LogP contribution in [0.2, 0.25) is 0 Å². The summed E-state index contributed by atoms with van der Waals surface area (Å²) < 4.78 is 17.9. The van der Waals surface area contributed by atoms with E-state index in [4.69, 9.17) is 14.2 Å². The van der Waals surface area contributed by atoms with Gasteiger partial charge in [-0.3, -0.25) is 4.79 Å². The second-order valence-corrected chi connectivity index (χ2v) is 7.37. The van der Waals surface area contributed by atoms with E-state index in [9.17, 15) is 4.79 Å². The average molecular weight is 580 g/mol. The lowest BCUT2D eigenvalue weighted by Gasteiger charge is -2.09. The van der Waals surface area contributed by atoms with Crippen LogP contribution in [-0.4, -0.2) is 32.9 Å². The molecule has 0 saturated heterocycles. The molecule has 0 aliphatic heterocycles. The summed E-state index contributed by atoms with van der Waals surface area (Å²) in [7, 11) is 3.06. The molecule has 0 saturated carbocycles. The van der Waals surface area contributed by atoms with Gasteiger partial charge in [-0.2, -0.15) is 5.10 Å². The molecule has 0 aliphatic carbocycles. The van der Waals surface area contributed by atoms with E-state index in [1.54, 1.807) is 24.4 Å². The van der Waals surface area contributed by atoms with Crippen molar-refractivity contribution in [2.45, 2.75) is 6.92 Å². The number of carbonyl (C=O) groups excluding carboxylic acids is 1. The van der Waals surface area contributed by atoms with E-state index in [1.807, 2.05) is 19.1 Å². The van der Waals surface area contributed by atoms with Crippen molar-refractivity contribution in [3.05, 3.63) is 48.6 Å². The number of benzene rings is 2. The third kappa shape index (κ3) is 5.47. The predicted molar refractivity (Wildman–Crippen MR) is 118 cm³/mol. The number of hydrogen-bond donors (Lipinski definition) is 1. The normalized spacial score (nSPS) is 10.7. The zero-order valence-electron chi connectivity index (χ0n) is 14.5. The molecular weight excluding hydrogens is 562 g/mol. The Balaban J connectivity index is 2.12. The molecule has 2 rings (SSSR count). The lowest BCUT2D eigenvalue weighted by atomic mass is 10.2. The Morgan fingerprint density at radius 2 is 1.65 bits per heavy atom. The van der Waals surface area contributed by atoms with E-state index in [1.165, 1.54) is 14.2 Å². The first-order valence-corrected chi connectivity index (χ1v) is 9.82. The van der Waals surface area contributed by atoms with Crippen molar-refractivity contribution in [1.82, 2.24) is 5.43 Å². The van der Waals surface area contributed by atoms with E-state index in [0.717, 1.165) is 18.5 Å². The number of nitrogens with one attached hydrogen (secondary N) is 1. The molecule has 0 aliphatic rings. The summed E-state index contributed by atoms with van der Waals surface area (Å²) in [6, 6.07) is 8.83. The first-order valence-electron chi connectivity index (χ1n) is 7.66. The highest BCUT2D eigenvalue weighted by Gasteiger charge is 2.10. The van der Waals surface area contributed by atoms with Crippen molar-refractivity contribution in [2.24, 2.45) is 5.10 Å². The monoisotopic (exact) mass is 580 g/mol. The Morgan fingerprint density at radius 3 is 2.15 bits per heavy atom. The zero-order chi connectivity index (χ0) is 19.1. The van der Waals surface area contributed by atoms with E-state index in [-0.39, 0.29) is 5.91 Å². The van der Waals surface area contributed by atoms with Crippen LogP contribution in [0.5, 0.6) is 17.2 Å². The number of ether oxygens (including phenoxy) is 3. The number of halogens is 2. The van der Waals surface area contributed by atoms with E-state index in [0.29, 0.717) is 23.7 Å². The molecule has 6 nitrogen and oxygen atoms in total. The second kappa shape index (κ2) is 9.95. The summed E-state index contributed by atoms with van der Waals surface area (Å²) in [5.41, 5.74) is 3.78. The highest BCUT2D eigenvalue weighted by molar-refractivity contribution is 14.1. The van der Waals surface area contributed by atoms with Gasteiger partial charge in [0.15, 0.2) is 0 Å². The molecule has 0 unspecified atom stereocenters. The van der Waals surface area contributed by atoms with Crippen LogP contribution in [0.25, 0.3) is 0 Å². The van der Waals surface area contributed by atoms with Crippen molar-refractivity contribution in [3.63, 3.8) is 0 Å². The van der Waals surface area contributed by atoms with Gasteiger partial charge in [0, 0.05) is 11.6 Å². The third-order valence-corrected chi connectivity index (χ3v) is 4.91. The van der Waals surface area contributed by atoms with Gasteiger partial charge in [-0.1, -0.05) is 0 Å². The molecule has 1 amide bonds. The average Bonchev–Trinajstić information content (AvgIpc) is 2.64. The van der Waals surface area contributed by atoms with Crippen molar-refractivity contribution in [3.8, 4) is 17.2 Å². The second-order valence-electron chi connectivity index (χ2n) is 5.05. The molecule has 0 bridgehead atoms. The van der Waals surface area contributed by atoms with Crippen molar-refractivity contribution in [2.75, 3.05) is 20.8 Å². The quantitative estimate of drug-likeness (QED) is 0.305. The minimum Gasteiger partial charge on any atom is -0.497 e. The standard InChI is InChI=1S/C18H18I2N2O4/c1-4-26-17-15(19)5-11(6-16(17)20)10-21-22-18(23)12-7-13(24-2)9-14(8-12)25-3/h5-10H,4H2,1-3H3,(H,22,23)/b21-10-. The molecule has 0 heterocycles. The van der Waals surface area contributed by atoms with Gasteiger partial charge in [0.2, 0.25) is 0 Å². The molecule has 2 aromatic rings. The number of carbonyl (C=O) groups is 1. The number of methoxy groups -OCH3 is 2. The lowest BCUT2D eigenvalue weighted by molar-refractivity contribution is 0.0954. The Morgan fingerprint density at radius 1 is 1.08 bits per heavy atom. The molecule has 0 atom stereocenters. The van der Waals surface area contributed by atoms with Crippen LogP contribution in [0.4, 0.5) is 0 Å². The fourth-order valence-corrected chi connectivity index (χ4v) is 4.23. The summed E-state index contributed by atoms with van der Waals surface area (Å²) in [5.74, 6) is 1.58. The van der Waals surface area contributed by atoms with Gasteiger partial charge in [0.25, 0.3) is 5.91 Å². The number of hydrazone groups is 1. The van der Waals surface area contributed by atoms with E-state index >= 15 is 0 Å². The molecule has 26 heavy (non-hydrogen) atoms. The van der Waals surface area contributed by atoms with Gasteiger partial charge >= 0.3 is 0 Å². The maximum absolute atomic E-state index is 12.3. The van der Waals surface area contributed by atoms with Gasteiger partial charge < -0.3 is 14.2 Å². The van der Waals surface area contributed by atoms with Crippen LogP contribution >= 0.6 is 45.2 Å². The Hall–Kier alpha value is -1.56. The lowest BCUT2D eigenvalue weighted by Crippen LogP contribution is -2.17. The smallest absolute Gasteiger partial charge is 0.271 e. The number of amides is 1. The minimum atomic E-state index is -0.353. The van der Waals surface area contributed by atoms with Crippen LogP contribution in [-0.2, 0) is 0 Å². The van der Waals surface area contributed by atoms with Crippen LogP contribution < -0.4 is 19.6 Å². The largest absolute Gasteiger partial charge is 0.497 e. The minimum absolute atomic E-state index is 0.353. The molecular formula is C18H18I2N2O4. The molecule has 8 heteroatoms. The molecule has 0 fully saturated rings. The topological polar surface area (TPSA) is 69.2 Å². The van der Waals surface area contributed by atoms with Crippen LogP contribution in [0.15, 0.2) is 35.4 Å². The van der Waals surface area contributed by atoms with Crippen LogP contribution in [0.1, 0.15) is 22.8 Å². The van der Waals surface area contributed by atoms with Gasteiger partial charge in [0.05, 0.1) is 34.2 Å². The fourth-order valence-electron chi connectivity index (χ4n) is 2.10. The summed E-state index contributed by atoms with van der Waals surface area (Å²) in [4.78, 5) is 12.3.